The molecule has 2 aromatic rings. The summed E-state index contributed by atoms with van der Waals surface area (Å²) in [5.41, 5.74) is 5.12. The average Bonchev–Trinajstić information content (AvgIpc) is 2.47. The maximum atomic E-state index is 4.18. The van der Waals surface area contributed by atoms with Gasteiger partial charge in [0.05, 0.1) is 0 Å². The number of hydrogen-bond acceptors (Lipinski definition) is 0. The van der Waals surface area contributed by atoms with Crippen LogP contribution in [0.1, 0.15) is 30.9 Å². The Balaban J connectivity index is 1.92. The van der Waals surface area contributed by atoms with E-state index in [1.54, 1.807) is 0 Å². The van der Waals surface area contributed by atoms with E-state index in [9.17, 15) is 0 Å². The van der Waals surface area contributed by atoms with Crippen molar-refractivity contribution in [1.82, 2.24) is 0 Å². The van der Waals surface area contributed by atoms with Crippen LogP contribution in [0.5, 0.6) is 0 Å². The maximum Gasteiger partial charge on any atom is -0.0230 e. The second kappa shape index (κ2) is 6.75. The lowest BCUT2D eigenvalue weighted by Crippen LogP contribution is -1.85. The van der Waals surface area contributed by atoms with E-state index in [2.05, 4.69) is 68.1 Å². The van der Waals surface area contributed by atoms with E-state index in [0.29, 0.717) is 0 Å². The zero-order valence-corrected chi connectivity index (χ0v) is 11.5. The fraction of sp³-hybridized carbons (Fsp3) is 0.158. The van der Waals surface area contributed by atoms with Crippen LogP contribution in [0.4, 0.5) is 0 Å². The second-order valence-electron chi connectivity index (χ2n) is 4.87. The fourth-order valence-electron chi connectivity index (χ4n) is 2.07. The summed E-state index contributed by atoms with van der Waals surface area (Å²) in [6.45, 7) is 6.36. The van der Waals surface area contributed by atoms with Crippen molar-refractivity contribution in [3.05, 3.63) is 83.9 Å². The summed E-state index contributed by atoms with van der Waals surface area (Å²) >= 11 is 0. The molecule has 0 unspecified atom stereocenters. The molecule has 0 fully saturated rings. The average molecular weight is 248 g/mol. The minimum absolute atomic E-state index is 1.01. The first-order valence-corrected chi connectivity index (χ1v) is 6.71. The first kappa shape index (κ1) is 13.4. The van der Waals surface area contributed by atoms with Crippen molar-refractivity contribution in [2.24, 2.45) is 0 Å². The maximum absolute atomic E-state index is 4.18. The summed E-state index contributed by atoms with van der Waals surface area (Å²) in [5.74, 6) is 0. The highest BCUT2D eigenvalue weighted by Crippen LogP contribution is 2.21. The molecule has 0 aliphatic carbocycles. The molecule has 0 aliphatic rings. The van der Waals surface area contributed by atoms with Gasteiger partial charge in [0.1, 0.15) is 0 Å². The number of rotatable bonds is 5. The van der Waals surface area contributed by atoms with Gasteiger partial charge in [-0.25, -0.2) is 0 Å². The van der Waals surface area contributed by atoms with E-state index in [0.717, 1.165) is 12.8 Å². The fourth-order valence-corrected chi connectivity index (χ4v) is 2.07. The summed E-state index contributed by atoms with van der Waals surface area (Å²) in [5, 5.41) is 0. The molecule has 2 rings (SSSR count). The van der Waals surface area contributed by atoms with Gasteiger partial charge in [-0.15, -0.1) is 0 Å². The van der Waals surface area contributed by atoms with Gasteiger partial charge in [0.25, 0.3) is 0 Å². The van der Waals surface area contributed by atoms with Crippen LogP contribution in [0.2, 0.25) is 0 Å². The van der Waals surface area contributed by atoms with Gasteiger partial charge < -0.3 is 0 Å². The van der Waals surface area contributed by atoms with Crippen LogP contribution in [0.3, 0.4) is 0 Å². The summed E-state index contributed by atoms with van der Waals surface area (Å²) in [7, 11) is 0. The van der Waals surface area contributed by atoms with Crippen molar-refractivity contribution in [3.63, 3.8) is 0 Å². The summed E-state index contributed by atoms with van der Waals surface area (Å²) in [6.07, 6.45) is 4.32. The number of hydrogen-bond donors (Lipinski definition) is 0. The van der Waals surface area contributed by atoms with Crippen LogP contribution in [0, 0.1) is 0 Å². The van der Waals surface area contributed by atoms with Gasteiger partial charge in [0.15, 0.2) is 0 Å². The van der Waals surface area contributed by atoms with Gasteiger partial charge in [-0.3, -0.25) is 0 Å². The molecule has 0 heteroatoms. The normalized spacial score (nSPS) is 11.3. The SMILES string of the molecule is C=C(CCC(C)=Cc1ccccc1)c1ccccc1. The van der Waals surface area contributed by atoms with Crippen LogP contribution in [0.25, 0.3) is 11.6 Å². The highest BCUT2D eigenvalue weighted by atomic mass is 14.0. The molecule has 0 aromatic heterocycles. The van der Waals surface area contributed by atoms with Crippen molar-refractivity contribution in [3.8, 4) is 0 Å². The first-order valence-electron chi connectivity index (χ1n) is 6.71. The van der Waals surface area contributed by atoms with Gasteiger partial charge in [-0.1, -0.05) is 78.9 Å². The molecule has 0 spiro atoms. The molecule has 0 N–H and O–H groups in total. The molecular weight excluding hydrogens is 228 g/mol. The lowest BCUT2D eigenvalue weighted by molar-refractivity contribution is 1.00. The van der Waals surface area contributed by atoms with Gasteiger partial charge in [0, 0.05) is 0 Å². The van der Waals surface area contributed by atoms with Crippen LogP contribution in [-0.4, -0.2) is 0 Å². The number of allylic oxidation sites excluding steroid dienone is 2. The molecule has 0 radical (unpaired) electrons. The Bertz CT molecular complexity index is 547. The third kappa shape index (κ3) is 4.26. The molecule has 0 aliphatic heterocycles. The van der Waals surface area contributed by atoms with Crippen molar-refractivity contribution in [2.75, 3.05) is 0 Å². The monoisotopic (exact) mass is 248 g/mol. The van der Waals surface area contributed by atoms with E-state index in [4.69, 9.17) is 0 Å². The molecule has 2 aromatic carbocycles. The molecule has 0 saturated carbocycles. The Morgan fingerprint density at radius 1 is 0.895 bits per heavy atom. The predicted molar refractivity (Wildman–Crippen MR) is 84.8 cm³/mol. The second-order valence-corrected chi connectivity index (χ2v) is 4.87. The van der Waals surface area contributed by atoms with E-state index >= 15 is 0 Å². The van der Waals surface area contributed by atoms with Gasteiger partial charge in [0.2, 0.25) is 0 Å². The summed E-state index contributed by atoms with van der Waals surface area (Å²) < 4.78 is 0. The molecule has 0 nitrogen and oxygen atoms in total. The Morgan fingerprint density at radius 3 is 2.11 bits per heavy atom. The number of benzene rings is 2. The van der Waals surface area contributed by atoms with E-state index in [1.807, 2.05) is 12.1 Å². The van der Waals surface area contributed by atoms with Crippen molar-refractivity contribution in [2.45, 2.75) is 19.8 Å². The minimum atomic E-state index is 1.01. The minimum Gasteiger partial charge on any atom is -0.0952 e. The molecule has 0 amide bonds. The molecule has 0 saturated heterocycles. The van der Waals surface area contributed by atoms with Crippen LogP contribution < -0.4 is 0 Å². The first-order chi connectivity index (χ1) is 9.25. The van der Waals surface area contributed by atoms with Crippen molar-refractivity contribution >= 4 is 11.6 Å². The van der Waals surface area contributed by atoms with Crippen LogP contribution in [0.15, 0.2) is 72.8 Å². The van der Waals surface area contributed by atoms with Crippen LogP contribution in [-0.2, 0) is 0 Å². The summed E-state index contributed by atoms with van der Waals surface area (Å²) in [4.78, 5) is 0. The van der Waals surface area contributed by atoms with Gasteiger partial charge in [-0.2, -0.15) is 0 Å². The summed E-state index contributed by atoms with van der Waals surface area (Å²) in [6, 6.07) is 20.9. The molecule has 19 heavy (non-hydrogen) atoms. The zero-order valence-electron chi connectivity index (χ0n) is 11.5. The topological polar surface area (TPSA) is 0 Å². The standard InChI is InChI=1S/C19H20/c1-16(15-18-9-5-3-6-10-18)13-14-17(2)19-11-7-4-8-12-19/h3-12,15H,2,13-14H2,1H3. The molecule has 0 atom stereocenters. The van der Waals surface area contributed by atoms with Crippen molar-refractivity contribution in [1.29, 1.82) is 0 Å². The van der Waals surface area contributed by atoms with Crippen LogP contribution >= 0.6 is 0 Å². The third-order valence-corrected chi connectivity index (χ3v) is 3.22. The lowest BCUT2D eigenvalue weighted by Gasteiger charge is -2.06. The van der Waals surface area contributed by atoms with E-state index in [-0.39, 0.29) is 0 Å². The smallest absolute Gasteiger partial charge is 0.0230 e. The molecule has 0 heterocycles. The highest BCUT2D eigenvalue weighted by molar-refractivity contribution is 5.63. The van der Waals surface area contributed by atoms with Crippen molar-refractivity contribution < 1.29 is 0 Å². The quantitative estimate of drug-likeness (QED) is 0.647. The van der Waals surface area contributed by atoms with E-state index < -0.39 is 0 Å². The third-order valence-electron chi connectivity index (χ3n) is 3.22. The predicted octanol–water partition coefficient (Wildman–Crippen LogP) is 5.58. The van der Waals surface area contributed by atoms with E-state index in [1.165, 1.54) is 22.3 Å². The Labute approximate surface area is 116 Å². The molecule has 96 valence electrons. The largest absolute Gasteiger partial charge is 0.0952 e. The molecule has 0 bridgehead atoms. The van der Waals surface area contributed by atoms with Gasteiger partial charge >= 0.3 is 0 Å². The Kier molecular flexibility index (Phi) is 4.74. The Morgan fingerprint density at radius 2 is 1.47 bits per heavy atom. The zero-order chi connectivity index (χ0) is 13.5. The lowest BCUT2D eigenvalue weighted by atomic mass is 9.99. The Hall–Kier alpha value is -2.08. The highest BCUT2D eigenvalue weighted by Gasteiger charge is 1.99. The van der Waals surface area contributed by atoms with Gasteiger partial charge in [-0.05, 0) is 36.5 Å². The molecular formula is C19H20.